The highest BCUT2D eigenvalue weighted by Crippen LogP contribution is 2.40. The van der Waals surface area contributed by atoms with Crippen molar-refractivity contribution in [2.45, 2.75) is 36.7 Å². The Hall–Kier alpha value is -2.12. The van der Waals surface area contributed by atoms with E-state index in [9.17, 15) is 4.79 Å². The number of likely N-dealkylation sites (tertiary alicyclic amines) is 1. The normalized spacial score (nSPS) is 18.2. The molecule has 1 saturated heterocycles. The summed E-state index contributed by atoms with van der Waals surface area (Å²) in [7, 11) is 0. The van der Waals surface area contributed by atoms with Gasteiger partial charge in [-0.25, -0.2) is 14.8 Å². The Bertz CT molecular complexity index is 832. The van der Waals surface area contributed by atoms with E-state index in [4.69, 9.17) is 4.74 Å². The van der Waals surface area contributed by atoms with E-state index in [-0.39, 0.29) is 11.6 Å². The Labute approximate surface area is 163 Å². The number of ether oxygens (including phenoxy) is 1. The first-order valence-electron chi connectivity index (χ1n) is 9.27. The van der Waals surface area contributed by atoms with Crippen molar-refractivity contribution in [2.75, 3.05) is 31.3 Å². The van der Waals surface area contributed by atoms with E-state index in [1.807, 2.05) is 48.5 Å². The lowest BCUT2D eigenvalue weighted by Gasteiger charge is -2.44. The van der Waals surface area contributed by atoms with Gasteiger partial charge in [-0.1, -0.05) is 0 Å². The molecule has 1 aromatic heterocycles. The molecule has 1 aromatic carbocycles. The topological polar surface area (TPSA) is 67.4 Å². The Morgan fingerprint density at radius 1 is 1.26 bits per heavy atom. The second kappa shape index (κ2) is 7.48. The quantitative estimate of drug-likeness (QED) is 0.802. The summed E-state index contributed by atoms with van der Waals surface area (Å²) in [6, 6.07) is 7.85. The Morgan fingerprint density at radius 2 is 2.00 bits per heavy atom. The summed E-state index contributed by atoms with van der Waals surface area (Å²) in [5, 5.41) is 2.99. The maximum atomic E-state index is 12.6. The fraction of sp³-hybridized carbons (Fsp3) is 0.450. The first kappa shape index (κ1) is 18.3. The Kier molecular flexibility index (Phi) is 5.06. The third-order valence-corrected chi connectivity index (χ3v) is 6.11. The molecule has 6 nitrogen and oxygen atoms in total. The number of piperidine rings is 1. The Balaban J connectivity index is 1.43. The predicted octanol–water partition coefficient (Wildman–Crippen LogP) is 3.60. The van der Waals surface area contributed by atoms with Gasteiger partial charge in [0.2, 0.25) is 0 Å². The van der Waals surface area contributed by atoms with Crippen LogP contribution in [0.15, 0.2) is 35.4 Å². The molecule has 7 heteroatoms. The van der Waals surface area contributed by atoms with Crippen molar-refractivity contribution in [3.8, 4) is 0 Å². The van der Waals surface area contributed by atoms with Crippen LogP contribution in [0.1, 0.15) is 29.9 Å². The van der Waals surface area contributed by atoms with Crippen molar-refractivity contribution in [2.24, 2.45) is 0 Å². The van der Waals surface area contributed by atoms with Crippen LogP contribution >= 0.6 is 11.8 Å². The monoisotopic (exact) mass is 384 g/mol. The molecule has 0 aliphatic carbocycles. The number of benzene rings is 1. The highest BCUT2D eigenvalue weighted by Gasteiger charge is 2.43. The first-order chi connectivity index (χ1) is 13.1. The van der Waals surface area contributed by atoms with Crippen molar-refractivity contribution in [1.29, 1.82) is 0 Å². The van der Waals surface area contributed by atoms with Crippen molar-refractivity contribution in [3.05, 3.63) is 47.5 Å². The van der Waals surface area contributed by atoms with E-state index in [2.05, 4.69) is 15.3 Å². The lowest BCUT2D eigenvalue weighted by Crippen LogP contribution is -2.50. The molecular weight excluding hydrogens is 360 g/mol. The van der Waals surface area contributed by atoms with Crippen LogP contribution < -0.4 is 5.32 Å². The minimum Gasteiger partial charge on any atom is -0.368 e. The van der Waals surface area contributed by atoms with Gasteiger partial charge in [-0.05, 0) is 62.3 Å². The summed E-state index contributed by atoms with van der Waals surface area (Å²) in [6.07, 6.45) is 6.34. The van der Waals surface area contributed by atoms with E-state index in [0.29, 0.717) is 19.7 Å². The lowest BCUT2D eigenvalue weighted by atomic mass is 9.83. The van der Waals surface area contributed by atoms with Gasteiger partial charge >= 0.3 is 6.03 Å². The number of hydrogen-bond acceptors (Lipinski definition) is 5. The van der Waals surface area contributed by atoms with Gasteiger partial charge < -0.3 is 15.0 Å². The molecule has 1 fully saturated rings. The number of thioether (sulfide) groups is 1. The average Bonchev–Trinajstić information content (AvgIpc) is 2.70. The van der Waals surface area contributed by atoms with Crippen LogP contribution in [0.4, 0.5) is 10.5 Å². The number of carbonyl (C=O) groups is 1. The molecular formula is C20H24N4O2S. The van der Waals surface area contributed by atoms with Crippen LogP contribution in [-0.2, 0) is 16.8 Å². The number of amides is 2. The standard InChI is InChI=1S/C20H24N4O2S/c1-14-21-13-15-7-12-26-20(18(15)22-14)8-10-24(11-9-20)19(25)23-16-3-5-17(27-2)6-4-16/h3-6,13H,7-12H2,1-2H3,(H,23,25). The molecule has 3 heterocycles. The molecule has 4 rings (SSSR count). The smallest absolute Gasteiger partial charge is 0.321 e. The summed E-state index contributed by atoms with van der Waals surface area (Å²) < 4.78 is 6.21. The van der Waals surface area contributed by atoms with E-state index < -0.39 is 0 Å². The number of nitrogens with zero attached hydrogens (tertiary/aromatic N) is 3. The fourth-order valence-electron chi connectivity index (χ4n) is 3.83. The largest absolute Gasteiger partial charge is 0.368 e. The predicted molar refractivity (Wildman–Crippen MR) is 106 cm³/mol. The SMILES string of the molecule is CSc1ccc(NC(=O)N2CCC3(CC2)OCCc2cnc(C)nc23)cc1. The van der Waals surface area contributed by atoms with Crippen molar-refractivity contribution < 1.29 is 9.53 Å². The molecule has 0 unspecified atom stereocenters. The molecule has 0 saturated carbocycles. The lowest BCUT2D eigenvalue weighted by molar-refractivity contribution is -0.0955. The molecule has 2 amide bonds. The molecule has 2 aliphatic rings. The molecule has 2 aromatic rings. The van der Waals surface area contributed by atoms with E-state index in [0.717, 1.165) is 36.5 Å². The van der Waals surface area contributed by atoms with Gasteiger partial charge in [0.05, 0.1) is 12.3 Å². The molecule has 142 valence electrons. The van der Waals surface area contributed by atoms with Crippen molar-refractivity contribution in [1.82, 2.24) is 14.9 Å². The van der Waals surface area contributed by atoms with Crippen LogP contribution in [0.25, 0.3) is 0 Å². The number of aryl methyl sites for hydroxylation is 1. The maximum Gasteiger partial charge on any atom is 0.321 e. The zero-order valence-corrected chi connectivity index (χ0v) is 16.5. The number of fused-ring (bicyclic) bond motifs is 2. The van der Waals surface area contributed by atoms with Crippen molar-refractivity contribution >= 4 is 23.5 Å². The molecule has 0 radical (unpaired) electrons. The number of carbonyl (C=O) groups excluding carboxylic acids is 1. The Morgan fingerprint density at radius 3 is 2.70 bits per heavy atom. The number of aromatic nitrogens is 2. The van der Waals surface area contributed by atoms with Crippen molar-refractivity contribution in [3.63, 3.8) is 0 Å². The summed E-state index contributed by atoms with van der Waals surface area (Å²) in [5.41, 5.74) is 2.64. The summed E-state index contributed by atoms with van der Waals surface area (Å²) >= 11 is 1.68. The maximum absolute atomic E-state index is 12.6. The third kappa shape index (κ3) is 3.66. The second-order valence-corrected chi connectivity index (χ2v) is 7.91. The van der Waals surface area contributed by atoms with E-state index in [1.165, 1.54) is 10.5 Å². The highest BCUT2D eigenvalue weighted by atomic mass is 32.2. The number of hydrogen-bond donors (Lipinski definition) is 1. The molecule has 1 spiro atoms. The minimum absolute atomic E-state index is 0.0587. The van der Waals surface area contributed by atoms with Crippen LogP contribution in [0.5, 0.6) is 0 Å². The van der Waals surface area contributed by atoms with Gasteiger partial charge in [0.25, 0.3) is 0 Å². The zero-order valence-electron chi connectivity index (χ0n) is 15.7. The zero-order chi connectivity index (χ0) is 18.9. The highest BCUT2D eigenvalue weighted by molar-refractivity contribution is 7.98. The van der Waals surface area contributed by atoms with Gasteiger partial charge in [-0.15, -0.1) is 11.8 Å². The second-order valence-electron chi connectivity index (χ2n) is 7.03. The summed E-state index contributed by atoms with van der Waals surface area (Å²) in [4.78, 5) is 24.7. The molecule has 0 bridgehead atoms. The van der Waals surface area contributed by atoms with Gasteiger partial charge in [0.15, 0.2) is 0 Å². The molecule has 2 aliphatic heterocycles. The number of anilines is 1. The number of urea groups is 1. The van der Waals surface area contributed by atoms with E-state index >= 15 is 0 Å². The van der Waals surface area contributed by atoms with Crippen LogP contribution in [0.2, 0.25) is 0 Å². The fourth-order valence-corrected chi connectivity index (χ4v) is 4.23. The average molecular weight is 385 g/mol. The number of rotatable bonds is 2. The minimum atomic E-state index is -0.377. The summed E-state index contributed by atoms with van der Waals surface area (Å²) in [5.74, 6) is 0.771. The summed E-state index contributed by atoms with van der Waals surface area (Å²) in [6.45, 7) is 3.90. The van der Waals surface area contributed by atoms with E-state index in [1.54, 1.807) is 11.8 Å². The third-order valence-electron chi connectivity index (χ3n) is 5.37. The van der Waals surface area contributed by atoms with Gasteiger partial charge in [-0.2, -0.15) is 0 Å². The van der Waals surface area contributed by atoms with Gasteiger partial charge in [0, 0.05) is 29.9 Å². The molecule has 0 atom stereocenters. The van der Waals surface area contributed by atoms with Gasteiger partial charge in [0.1, 0.15) is 11.4 Å². The van der Waals surface area contributed by atoms with Gasteiger partial charge in [-0.3, -0.25) is 0 Å². The number of nitrogens with one attached hydrogen (secondary N) is 1. The molecule has 1 N–H and O–H groups in total. The van der Waals surface area contributed by atoms with Crippen LogP contribution in [-0.4, -0.2) is 46.9 Å². The van der Waals surface area contributed by atoms with Crippen LogP contribution in [0.3, 0.4) is 0 Å². The molecule has 27 heavy (non-hydrogen) atoms. The first-order valence-corrected chi connectivity index (χ1v) is 10.5. The van der Waals surface area contributed by atoms with Crippen LogP contribution in [0, 0.1) is 6.92 Å².